The fourth-order valence-electron chi connectivity index (χ4n) is 2.41. The molecule has 2 heterocycles. The van der Waals surface area contributed by atoms with Crippen LogP contribution in [0.3, 0.4) is 0 Å². The Balaban J connectivity index is 1.79. The third kappa shape index (κ3) is 2.70. The Kier molecular flexibility index (Phi) is 3.73. The lowest BCUT2D eigenvalue weighted by Gasteiger charge is -2.23. The molecule has 0 aliphatic carbocycles. The summed E-state index contributed by atoms with van der Waals surface area (Å²) in [5, 5.41) is 14.0. The second-order valence-corrected chi connectivity index (χ2v) is 4.86. The highest BCUT2D eigenvalue weighted by Gasteiger charge is 2.21. The molecule has 1 aromatic heterocycles. The van der Waals surface area contributed by atoms with Crippen LogP contribution in [-0.2, 0) is 4.79 Å². The molecule has 1 atom stereocenters. The zero-order valence-corrected chi connectivity index (χ0v) is 11.1. The highest BCUT2D eigenvalue weighted by molar-refractivity contribution is 5.96. The molecule has 104 valence electrons. The average Bonchev–Trinajstić information content (AvgIpc) is 3.03. The topological polar surface area (TPSA) is 71.8 Å². The van der Waals surface area contributed by atoms with Gasteiger partial charge in [0.05, 0.1) is 29.8 Å². The predicted molar refractivity (Wildman–Crippen MR) is 75.6 cm³/mol. The summed E-state index contributed by atoms with van der Waals surface area (Å²) in [7, 11) is 0. The number of para-hydroxylation sites is 2. The number of carbonyl (C=O) groups excluding carboxylic acids is 1. The molecule has 1 saturated heterocycles. The van der Waals surface area contributed by atoms with Gasteiger partial charge in [0, 0.05) is 0 Å². The highest BCUT2D eigenvalue weighted by atomic mass is 16.2. The summed E-state index contributed by atoms with van der Waals surface area (Å²) in [5.41, 5.74) is 1.56. The van der Waals surface area contributed by atoms with E-state index < -0.39 is 0 Å². The van der Waals surface area contributed by atoms with Gasteiger partial charge in [-0.2, -0.15) is 0 Å². The van der Waals surface area contributed by atoms with Gasteiger partial charge in [-0.25, -0.2) is 4.68 Å². The van der Waals surface area contributed by atoms with Gasteiger partial charge >= 0.3 is 0 Å². The lowest BCUT2D eigenvalue weighted by molar-refractivity contribution is -0.118. The maximum absolute atomic E-state index is 12.3. The van der Waals surface area contributed by atoms with E-state index in [-0.39, 0.29) is 11.9 Å². The minimum Gasteiger partial charge on any atom is -0.323 e. The van der Waals surface area contributed by atoms with E-state index in [4.69, 9.17) is 0 Å². The Morgan fingerprint density at radius 2 is 2.25 bits per heavy atom. The van der Waals surface area contributed by atoms with Crippen LogP contribution in [0.5, 0.6) is 0 Å². The van der Waals surface area contributed by atoms with E-state index in [1.165, 1.54) is 0 Å². The monoisotopic (exact) mass is 271 g/mol. The SMILES string of the molecule is O=C(Nc1ccccc1-n1ccnn1)[C@H]1CCCCN1. The van der Waals surface area contributed by atoms with Crippen molar-refractivity contribution in [3.63, 3.8) is 0 Å². The number of nitrogens with zero attached hydrogens (tertiary/aromatic N) is 3. The van der Waals surface area contributed by atoms with Crippen molar-refractivity contribution in [2.45, 2.75) is 25.3 Å². The molecule has 0 spiro atoms. The molecular weight excluding hydrogens is 254 g/mol. The van der Waals surface area contributed by atoms with Gasteiger partial charge in [0.15, 0.2) is 0 Å². The van der Waals surface area contributed by atoms with Crippen LogP contribution in [0.2, 0.25) is 0 Å². The molecule has 0 bridgehead atoms. The minimum atomic E-state index is -0.104. The number of carbonyl (C=O) groups is 1. The first-order valence-electron chi connectivity index (χ1n) is 6.84. The van der Waals surface area contributed by atoms with Gasteiger partial charge in [-0.1, -0.05) is 23.8 Å². The number of rotatable bonds is 3. The lowest BCUT2D eigenvalue weighted by Crippen LogP contribution is -2.43. The van der Waals surface area contributed by atoms with Crippen molar-refractivity contribution >= 4 is 11.6 Å². The molecule has 1 aromatic carbocycles. The molecule has 2 aromatic rings. The Hall–Kier alpha value is -2.21. The third-order valence-corrected chi connectivity index (χ3v) is 3.46. The van der Waals surface area contributed by atoms with E-state index in [0.29, 0.717) is 0 Å². The minimum absolute atomic E-state index is 0.0114. The third-order valence-electron chi connectivity index (χ3n) is 3.46. The molecule has 0 radical (unpaired) electrons. The highest BCUT2D eigenvalue weighted by Crippen LogP contribution is 2.19. The Morgan fingerprint density at radius 3 is 3.00 bits per heavy atom. The average molecular weight is 271 g/mol. The van der Waals surface area contributed by atoms with Crippen molar-refractivity contribution in [3.05, 3.63) is 36.7 Å². The van der Waals surface area contributed by atoms with Gasteiger partial charge in [-0.3, -0.25) is 4.79 Å². The number of benzene rings is 1. The number of anilines is 1. The molecule has 1 aliphatic heterocycles. The van der Waals surface area contributed by atoms with E-state index in [0.717, 1.165) is 37.2 Å². The van der Waals surface area contributed by atoms with Crippen LogP contribution in [0.25, 0.3) is 5.69 Å². The molecule has 20 heavy (non-hydrogen) atoms. The molecule has 0 unspecified atom stereocenters. The second-order valence-electron chi connectivity index (χ2n) is 4.86. The number of piperidine rings is 1. The molecule has 1 amide bonds. The van der Waals surface area contributed by atoms with Gasteiger partial charge in [-0.15, -0.1) is 5.10 Å². The summed E-state index contributed by atoms with van der Waals surface area (Å²) in [4.78, 5) is 12.3. The molecule has 3 rings (SSSR count). The second kappa shape index (κ2) is 5.83. The van der Waals surface area contributed by atoms with Gasteiger partial charge in [0.1, 0.15) is 0 Å². The maximum Gasteiger partial charge on any atom is 0.241 e. The molecule has 6 heteroatoms. The Bertz CT molecular complexity index is 575. The summed E-state index contributed by atoms with van der Waals surface area (Å²) in [5.74, 6) is 0.0114. The normalized spacial score (nSPS) is 18.7. The first kappa shape index (κ1) is 12.8. The first-order valence-corrected chi connectivity index (χ1v) is 6.84. The van der Waals surface area contributed by atoms with E-state index in [2.05, 4.69) is 20.9 Å². The summed E-state index contributed by atoms with van der Waals surface area (Å²) >= 11 is 0. The number of hydrogen-bond donors (Lipinski definition) is 2. The molecule has 2 N–H and O–H groups in total. The van der Waals surface area contributed by atoms with Crippen LogP contribution < -0.4 is 10.6 Å². The summed E-state index contributed by atoms with van der Waals surface area (Å²) in [6, 6.07) is 7.47. The summed E-state index contributed by atoms with van der Waals surface area (Å²) in [6.07, 6.45) is 6.48. The van der Waals surface area contributed by atoms with Crippen molar-refractivity contribution in [1.82, 2.24) is 20.3 Å². The quantitative estimate of drug-likeness (QED) is 0.884. The number of hydrogen-bond acceptors (Lipinski definition) is 4. The van der Waals surface area contributed by atoms with Gasteiger partial charge in [0.25, 0.3) is 0 Å². The van der Waals surface area contributed by atoms with Crippen LogP contribution in [0.15, 0.2) is 36.7 Å². The fourth-order valence-corrected chi connectivity index (χ4v) is 2.41. The molecule has 0 saturated carbocycles. The van der Waals surface area contributed by atoms with Crippen LogP contribution in [0, 0.1) is 0 Å². The van der Waals surface area contributed by atoms with Gasteiger partial charge in [-0.05, 0) is 31.5 Å². The predicted octanol–water partition coefficient (Wildman–Crippen LogP) is 1.35. The Labute approximate surface area is 117 Å². The number of aromatic nitrogens is 3. The van der Waals surface area contributed by atoms with Crippen molar-refractivity contribution in [3.8, 4) is 5.69 Å². The van der Waals surface area contributed by atoms with E-state index in [9.17, 15) is 4.79 Å². The van der Waals surface area contributed by atoms with Crippen LogP contribution in [0.4, 0.5) is 5.69 Å². The lowest BCUT2D eigenvalue weighted by atomic mass is 10.0. The fraction of sp³-hybridized carbons (Fsp3) is 0.357. The molecule has 1 aliphatic rings. The Morgan fingerprint density at radius 1 is 1.35 bits per heavy atom. The van der Waals surface area contributed by atoms with Crippen molar-refractivity contribution in [1.29, 1.82) is 0 Å². The van der Waals surface area contributed by atoms with Crippen LogP contribution in [0.1, 0.15) is 19.3 Å². The van der Waals surface area contributed by atoms with Crippen molar-refractivity contribution in [2.75, 3.05) is 11.9 Å². The van der Waals surface area contributed by atoms with Crippen molar-refractivity contribution < 1.29 is 4.79 Å². The smallest absolute Gasteiger partial charge is 0.241 e. The summed E-state index contributed by atoms with van der Waals surface area (Å²) < 4.78 is 1.64. The van der Waals surface area contributed by atoms with Crippen LogP contribution in [-0.4, -0.2) is 33.5 Å². The zero-order chi connectivity index (χ0) is 13.8. The largest absolute Gasteiger partial charge is 0.323 e. The van der Waals surface area contributed by atoms with E-state index >= 15 is 0 Å². The van der Waals surface area contributed by atoms with Gasteiger partial charge in [0.2, 0.25) is 5.91 Å². The standard InChI is InChI=1S/C14H17N5O/c20-14(12-6-3-4-8-15-12)17-11-5-1-2-7-13(11)19-10-9-16-18-19/h1-2,5,7,9-10,12,15H,3-4,6,8H2,(H,17,20)/t12-/m1/s1. The maximum atomic E-state index is 12.3. The van der Waals surface area contributed by atoms with Gasteiger partial charge < -0.3 is 10.6 Å². The zero-order valence-electron chi connectivity index (χ0n) is 11.1. The molecule has 1 fully saturated rings. The van der Waals surface area contributed by atoms with E-state index in [1.54, 1.807) is 17.1 Å². The summed E-state index contributed by atoms with van der Waals surface area (Å²) in [6.45, 7) is 0.906. The van der Waals surface area contributed by atoms with Crippen LogP contribution >= 0.6 is 0 Å². The first-order chi connectivity index (χ1) is 9.84. The van der Waals surface area contributed by atoms with E-state index in [1.807, 2.05) is 24.3 Å². The van der Waals surface area contributed by atoms with Crippen molar-refractivity contribution in [2.24, 2.45) is 0 Å². The molecule has 6 nitrogen and oxygen atoms in total. The number of amides is 1. The number of nitrogens with one attached hydrogen (secondary N) is 2. The molecular formula is C14H17N5O.